The van der Waals surface area contributed by atoms with Crippen LogP contribution in [0, 0.1) is 6.92 Å². The number of nitrogens with one attached hydrogen (secondary N) is 1. The highest BCUT2D eigenvalue weighted by Crippen LogP contribution is 2.46. The molecule has 2 atom stereocenters. The van der Waals surface area contributed by atoms with Crippen LogP contribution in [0.2, 0.25) is 0 Å². The van der Waals surface area contributed by atoms with Gasteiger partial charge >= 0.3 is 12.0 Å². The van der Waals surface area contributed by atoms with E-state index in [-0.39, 0.29) is 12.1 Å². The third-order valence-electron chi connectivity index (χ3n) is 5.05. The molecule has 2 heterocycles. The monoisotopic (exact) mass is 352 g/mol. The van der Waals surface area contributed by atoms with Gasteiger partial charge in [-0.15, -0.1) is 0 Å². The van der Waals surface area contributed by atoms with Crippen LogP contribution in [0.3, 0.4) is 0 Å². The predicted octanol–water partition coefficient (Wildman–Crippen LogP) is 3.55. The third-order valence-corrected chi connectivity index (χ3v) is 5.05. The van der Waals surface area contributed by atoms with Gasteiger partial charge in [0.25, 0.3) is 0 Å². The zero-order valence-electron chi connectivity index (χ0n) is 14.9. The van der Waals surface area contributed by atoms with Crippen molar-refractivity contribution < 1.29 is 19.1 Å². The molecule has 1 fully saturated rings. The van der Waals surface area contributed by atoms with Crippen molar-refractivity contribution in [2.24, 2.45) is 0 Å². The molecule has 1 N–H and O–H groups in total. The maximum Gasteiger partial charge on any atom is 0.337 e. The van der Waals surface area contributed by atoms with E-state index in [4.69, 9.17) is 9.47 Å². The number of nitrogens with zero attached hydrogens (tertiary/aromatic N) is 1. The van der Waals surface area contributed by atoms with Crippen molar-refractivity contribution in [3.63, 3.8) is 0 Å². The molecule has 0 saturated carbocycles. The summed E-state index contributed by atoms with van der Waals surface area (Å²) in [4.78, 5) is 26.4. The number of aryl methyl sites for hydroxylation is 1. The Morgan fingerprint density at radius 1 is 1.31 bits per heavy atom. The first-order chi connectivity index (χ1) is 12.4. The summed E-state index contributed by atoms with van der Waals surface area (Å²) in [6.45, 7) is 3.89. The summed E-state index contributed by atoms with van der Waals surface area (Å²) in [5.74, 6) is 0.250. The standard InChI is InChI=1S/C20H20N2O4/c1-12-6-4-5-7-16(12)22-19(24)21-15-11-20(22,2)26-17-9-8-13(10-14(15)17)18(23)25-3/h4-10,15H,11H2,1-3H3,(H,21,24)/t15-,20-/m1/s1. The number of carbonyl (C=O) groups excluding carboxylic acids is 2. The number of anilines is 1. The van der Waals surface area contributed by atoms with Gasteiger partial charge in [0.1, 0.15) is 5.75 Å². The number of hydrogen-bond donors (Lipinski definition) is 1. The van der Waals surface area contributed by atoms with E-state index in [9.17, 15) is 9.59 Å². The maximum absolute atomic E-state index is 12.9. The topological polar surface area (TPSA) is 67.9 Å². The lowest BCUT2D eigenvalue weighted by Crippen LogP contribution is -2.65. The largest absolute Gasteiger partial charge is 0.467 e. The summed E-state index contributed by atoms with van der Waals surface area (Å²) in [6.07, 6.45) is 0.574. The molecule has 0 spiro atoms. The quantitative estimate of drug-likeness (QED) is 0.840. The minimum absolute atomic E-state index is 0.216. The van der Waals surface area contributed by atoms with Gasteiger partial charge in [0, 0.05) is 12.0 Å². The summed E-state index contributed by atoms with van der Waals surface area (Å²) in [6, 6.07) is 12.5. The van der Waals surface area contributed by atoms with Crippen LogP contribution in [0.15, 0.2) is 42.5 Å². The number of benzene rings is 2. The fourth-order valence-electron chi connectivity index (χ4n) is 3.80. The number of para-hydroxylation sites is 1. The van der Waals surface area contributed by atoms with Gasteiger partial charge in [0.05, 0.1) is 24.4 Å². The molecule has 6 nitrogen and oxygen atoms in total. The number of fused-ring (bicyclic) bond motifs is 4. The van der Waals surface area contributed by atoms with Crippen molar-refractivity contribution in [3.05, 3.63) is 59.2 Å². The Bertz CT molecular complexity index is 910. The molecule has 0 aliphatic carbocycles. The zero-order chi connectivity index (χ0) is 18.5. The van der Waals surface area contributed by atoms with Crippen LogP contribution in [0.4, 0.5) is 10.5 Å². The summed E-state index contributed by atoms with van der Waals surface area (Å²) in [5, 5.41) is 3.04. The Labute approximate surface area is 151 Å². The molecule has 134 valence electrons. The SMILES string of the molecule is COC(=O)c1ccc2c(c1)[C@H]1C[C@@](C)(O2)N(c2ccccc2C)C(=O)N1. The molecular weight excluding hydrogens is 332 g/mol. The van der Waals surface area contributed by atoms with Crippen LogP contribution in [0.1, 0.15) is 40.9 Å². The van der Waals surface area contributed by atoms with E-state index in [0.29, 0.717) is 17.7 Å². The molecule has 2 aliphatic heterocycles. The summed E-state index contributed by atoms with van der Waals surface area (Å²) in [7, 11) is 1.35. The van der Waals surface area contributed by atoms with E-state index in [1.165, 1.54) is 7.11 Å². The van der Waals surface area contributed by atoms with Crippen molar-refractivity contribution in [2.75, 3.05) is 12.0 Å². The first-order valence-electron chi connectivity index (χ1n) is 8.50. The Morgan fingerprint density at radius 2 is 2.08 bits per heavy atom. The van der Waals surface area contributed by atoms with Gasteiger partial charge in [0.2, 0.25) is 0 Å². The van der Waals surface area contributed by atoms with Crippen LogP contribution < -0.4 is 15.0 Å². The second-order valence-corrected chi connectivity index (χ2v) is 6.85. The van der Waals surface area contributed by atoms with Gasteiger partial charge in [-0.05, 0) is 43.7 Å². The minimum Gasteiger partial charge on any atom is -0.467 e. The molecule has 2 aromatic carbocycles. The Hall–Kier alpha value is -3.02. The highest BCUT2D eigenvalue weighted by molar-refractivity contribution is 5.96. The molecule has 6 heteroatoms. The third kappa shape index (κ3) is 2.41. The fraction of sp³-hybridized carbons (Fsp3) is 0.300. The average molecular weight is 352 g/mol. The number of amides is 2. The molecule has 2 aromatic rings. The zero-order valence-corrected chi connectivity index (χ0v) is 14.9. The van der Waals surface area contributed by atoms with Crippen molar-refractivity contribution in [1.82, 2.24) is 5.32 Å². The second kappa shape index (κ2) is 5.76. The van der Waals surface area contributed by atoms with E-state index in [1.807, 2.05) is 38.1 Å². The minimum atomic E-state index is -0.807. The highest BCUT2D eigenvalue weighted by atomic mass is 16.5. The second-order valence-electron chi connectivity index (χ2n) is 6.85. The van der Waals surface area contributed by atoms with E-state index < -0.39 is 11.7 Å². The van der Waals surface area contributed by atoms with Crippen LogP contribution >= 0.6 is 0 Å². The van der Waals surface area contributed by atoms with Crippen LogP contribution in [0.5, 0.6) is 5.75 Å². The summed E-state index contributed by atoms with van der Waals surface area (Å²) >= 11 is 0. The molecule has 1 saturated heterocycles. The Kier molecular flexibility index (Phi) is 3.64. The van der Waals surface area contributed by atoms with Crippen molar-refractivity contribution in [2.45, 2.75) is 32.0 Å². The van der Waals surface area contributed by atoms with Gasteiger partial charge in [-0.3, -0.25) is 4.90 Å². The van der Waals surface area contributed by atoms with Gasteiger partial charge in [-0.1, -0.05) is 18.2 Å². The lowest BCUT2D eigenvalue weighted by Gasteiger charge is -2.51. The van der Waals surface area contributed by atoms with Crippen molar-refractivity contribution in [3.8, 4) is 5.75 Å². The lowest BCUT2D eigenvalue weighted by molar-refractivity contribution is 0.0376. The predicted molar refractivity (Wildman–Crippen MR) is 96.4 cm³/mol. The molecular formula is C20H20N2O4. The lowest BCUT2D eigenvalue weighted by atomic mass is 9.89. The van der Waals surface area contributed by atoms with Crippen molar-refractivity contribution >= 4 is 17.7 Å². The number of urea groups is 1. The van der Waals surface area contributed by atoms with Crippen molar-refractivity contribution in [1.29, 1.82) is 0 Å². The molecule has 2 amide bonds. The Morgan fingerprint density at radius 3 is 2.81 bits per heavy atom. The molecule has 0 aromatic heterocycles. The van der Waals surface area contributed by atoms with Gasteiger partial charge in [-0.2, -0.15) is 0 Å². The number of ether oxygens (including phenoxy) is 2. The summed E-state index contributed by atoms with van der Waals surface area (Å²) < 4.78 is 11.0. The average Bonchev–Trinajstić information content (AvgIpc) is 2.61. The van der Waals surface area contributed by atoms with E-state index in [0.717, 1.165) is 16.8 Å². The number of hydrogen-bond acceptors (Lipinski definition) is 4. The smallest absolute Gasteiger partial charge is 0.337 e. The highest BCUT2D eigenvalue weighted by Gasteiger charge is 2.50. The normalized spacial score (nSPS) is 23.6. The number of methoxy groups -OCH3 is 1. The molecule has 4 rings (SSSR count). The molecule has 2 bridgehead atoms. The van der Waals surface area contributed by atoms with Crippen LogP contribution in [-0.2, 0) is 4.74 Å². The van der Waals surface area contributed by atoms with E-state index >= 15 is 0 Å². The Balaban J connectivity index is 1.78. The number of carbonyl (C=O) groups is 2. The van der Waals surface area contributed by atoms with Crippen LogP contribution in [-0.4, -0.2) is 24.8 Å². The first kappa shape index (κ1) is 16.4. The van der Waals surface area contributed by atoms with Crippen LogP contribution in [0.25, 0.3) is 0 Å². The molecule has 2 aliphatic rings. The maximum atomic E-state index is 12.9. The molecule has 0 unspecified atom stereocenters. The van der Waals surface area contributed by atoms with Gasteiger partial charge in [-0.25, -0.2) is 9.59 Å². The van der Waals surface area contributed by atoms with E-state index in [2.05, 4.69) is 5.32 Å². The summed E-state index contributed by atoms with van der Waals surface area (Å²) in [5.41, 5.74) is 2.24. The first-order valence-corrected chi connectivity index (χ1v) is 8.50. The molecule has 0 radical (unpaired) electrons. The molecule has 26 heavy (non-hydrogen) atoms. The number of esters is 1. The van der Waals surface area contributed by atoms with Gasteiger partial charge in [0.15, 0.2) is 5.72 Å². The van der Waals surface area contributed by atoms with E-state index in [1.54, 1.807) is 23.1 Å². The number of rotatable bonds is 2. The van der Waals surface area contributed by atoms with Gasteiger partial charge < -0.3 is 14.8 Å². The fourth-order valence-corrected chi connectivity index (χ4v) is 3.80.